The highest BCUT2D eigenvalue weighted by molar-refractivity contribution is 5.83. The van der Waals surface area contributed by atoms with E-state index in [1.807, 2.05) is 11.1 Å². The summed E-state index contributed by atoms with van der Waals surface area (Å²) in [5.74, 6) is 2.23. The van der Waals surface area contributed by atoms with Gasteiger partial charge in [0, 0.05) is 49.3 Å². The average molecular weight is 396 g/mol. The van der Waals surface area contributed by atoms with Crippen LogP contribution in [0.1, 0.15) is 68.7 Å². The minimum Gasteiger partial charge on any atom is -0.381 e. The Morgan fingerprint density at radius 1 is 1.17 bits per heavy atom. The van der Waals surface area contributed by atoms with Gasteiger partial charge in [-0.3, -0.25) is 9.78 Å². The van der Waals surface area contributed by atoms with E-state index in [0.29, 0.717) is 17.7 Å². The fourth-order valence-corrected chi connectivity index (χ4v) is 4.76. The van der Waals surface area contributed by atoms with Gasteiger partial charge in [0.05, 0.1) is 12.2 Å². The molecule has 4 heterocycles. The smallest absolute Gasteiger partial charge is 0.259 e. The second-order valence-corrected chi connectivity index (χ2v) is 9.01. The number of pyridine rings is 1. The topological polar surface area (TPSA) is 81.4 Å². The highest BCUT2D eigenvalue weighted by Crippen LogP contribution is 2.42. The van der Waals surface area contributed by atoms with Crippen LogP contribution in [-0.2, 0) is 9.53 Å². The van der Waals surface area contributed by atoms with Crippen LogP contribution in [0, 0.1) is 5.41 Å². The van der Waals surface area contributed by atoms with Crippen LogP contribution >= 0.6 is 0 Å². The van der Waals surface area contributed by atoms with E-state index in [-0.39, 0.29) is 11.3 Å². The second kappa shape index (κ2) is 7.52. The molecule has 2 aromatic heterocycles. The summed E-state index contributed by atoms with van der Waals surface area (Å²) in [7, 11) is 0. The third kappa shape index (κ3) is 3.56. The predicted octanol–water partition coefficient (Wildman–Crippen LogP) is 3.53. The van der Waals surface area contributed by atoms with Crippen LogP contribution in [0.3, 0.4) is 0 Å². The molecule has 3 fully saturated rings. The van der Waals surface area contributed by atoms with Gasteiger partial charge in [0.1, 0.15) is 0 Å². The molecular formula is C22H28N4O3. The van der Waals surface area contributed by atoms with E-state index in [4.69, 9.17) is 9.26 Å². The summed E-state index contributed by atoms with van der Waals surface area (Å²) in [5.41, 5.74) is 1.91. The lowest BCUT2D eigenvalue weighted by Gasteiger charge is -2.42. The molecule has 5 rings (SSSR count). The van der Waals surface area contributed by atoms with Gasteiger partial charge >= 0.3 is 0 Å². The van der Waals surface area contributed by atoms with Crippen LogP contribution in [0.25, 0.3) is 11.5 Å². The summed E-state index contributed by atoms with van der Waals surface area (Å²) in [5, 5.41) is 4.25. The highest BCUT2D eigenvalue weighted by Gasteiger charge is 2.42. The molecule has 1 atom stereocenters. The van der Waals surface area contributed by atoms with Crippen LogP contribution < -0.4 is 0 Å². The van der Waals surface area contributed by atoms with E-state index >= 15 is 0 Å². The van der Waals surface area contributed by atoms with Crippen LogP contribution in [0.2, 0.25) is 0 Å². The van der Waals surface area contributed by atoms with Crippen molar-refractivity contribution in [2.75, 3.05) is 26.3 Å². The van der Waals surface area contributed by atoms with Crippen molar-refractivity contribution in [3.63, 3.8) is 0 Å². The predicted molar refractivity (Wildman–Crippen MR) is 106 cm³/mol. The third-order valence-corrected chi connectivity index (χ3v) is 6.97. The van der Waals surface area contributed by atoms with Crippen LogP contribution in [0.4, 0.5) is 0 Å². The zero-order valence-corrected chi connectivity index (χ0v) is 17.0. The lowest BCUT2D eigenvalue weighted by atomic mass is 9.69. The van der Waals surface area contributed by atoms with Gasteiger partial charge in [0.2, 0.25) is 5.91 Å². The van der Waals surface area contributed by atoms with Crippen molar-refractivity contribution in [2.45, 2.75) is 57.3 Å². The average Bonchev–Trinajstić information content (AvgIpc) is 3.44. The maximum atomic E-state index is 12.7. The Morgan fingerprint density at radius 2 is 2.00 bits per heavy atom. The summed E-state index contributed by atoms with van der Waals surface area (Å²) >= 11 is 0. The number of likely N-dealkylation sites (tertiary alicyclic amines) is 1. The number of carbonyl (C=O) groups excluding carboxylic acids is 1. The third-order valence-electron chi connectivity index (χ3n) is 6.97. The van der Waals surface area contributed by atoms with Gasteiger partial charge in [-0.25, -0.2) is 0 Å². The van der Waals surface area contributed by atoms with E-state index in [1.54, 1.807) is 6.20 Å². The van der Waals surface area contributed by atoms with Crippen LogP contribution in [-0.4, -0.2) is 52.2 Å². The largest absolute Gasteiger partial charge is 0.381 e. The Hall–Kier alpha value is -2.28. The molecule has 1 amide bonds. The molecule has 2 saturated heterocycles. The van der Waals surface area contributed by atoms with Gasteiger partial charge in [-0.05, 0) is 43.7 Å². The Bertz CT molecular complexity index is 878. The zero-order valence-electron chi connectivity index (χ0n) is 17.0. The number of piperidine rings is 1. The van der Waals surface area contributed by atoms with Crippen molar-refractivity contribution in [1.82, 2.24) is 20.0 Å². The first-order valence-corrected chi connectivity index (χ1v) is 10.8. The maximum Gasteiger partial charge on any atom is 0.259 e. The molecule has 0 radical (unpaired) electrons. The summed E-state index contributed by atoms with van der Waals surface area (Å²) in [6.45, 7) is 5.22. The molecule has 1 aliphatic carbocycles. The molecule has 2 aromatic rings. The first-order chi connectivity index (χ1) is 14.1. The van der Waals surface area contributed by atoms with Gasteiger partial charge in [-0.15, -0.1) is 0 Å². The molecular weight excluding hydrogens is 368 g/mol. The second-order valence-electron chi connectivity index (χ2n) is 9.01. The molecule has 1 unspecified atom stereocenters. The molecule has 2 aliphatic heterocycles. The zero-order chi connectivity index (χ0) is 19.8. The van der Waals surface area contributed by atoms with E-state index in [2.05, 4.69) is 28.1 Å². The summed E-state index contributed by atoms with van der Waals surface area (Å²) in [6.07, 6.45) is 9.70. The number of aromatic nitrogens is 3. The molecule has 154 valence electrons. The van der Waals surface area contributed by atoms with Crippen LogP contribution in [0.15, 0.2) is 23.0 Å². The van der Waals surface area contributed by atoms with Crippen LogP contribution in [0.5, 0.6) is 0 Å². The minimum atomic E-state index is -0.117. The van der Waals surface area contributed by atoms with Gasteiger partial charge in [0.25, 0.3) is 5.89 Å². The lowest BCUT2D eigenvalue weighted by Crippen LogP contribution is -2.48. The number of carbonyl (C=O) groups is 1. The molecule has 0 aromatic carbocycles. The number of rotatable bonds is 4. The summed E-state index contributed by atoms with van der Waals surface area (Å²) in [6, 6.07) is 2.09. The Labute approximate surface area is 170 Å². The lowest BCUT2D eigenvalue weighted by molar-refractivity contribution is -0.147. The number of ether oxygens (including phenoxy) is 1. The molecule has 29 heavy (non-hydrogen) atoms. The molecule has 1 saturated carbocycles. The Balaban J connectivity index is 1.24. The van der Waals surface area contributed by atoms with E-state index < -0.39 is 0 Å². The fraction of sp³-hybridized carbons (Fsp3) is 0.636. The molecule has 0 spiro atoms. The van der Waals surface area contributed by atoms with E-state index in [9.17, 15) is 4.79 Å². The van der Waals surface area contributed by atoms with Crippen molar-refractivity contribution in [1.29, 1.82) is 0 Å². The number of hydrogen-bond acceptors (Lipinski definition) is 6. The van der Waals surface area contributed by atoms with E-state index in [1.165, 1.54) is 6.42 Å². The number of nitrogens with zero attached hydrogens (tertiary/aromatic N) is 4. The molecule has 7 heteroatoms. The van der Waals surface area contributed by atoms with Gasteiger partial charge in [-0.1, -0.05) is 18.5 Å². The first-order valence-electron chi connectivity index (χ1n) is 10.8. The number of hydrogen-bond donors (Lipinski definition) is 0. The molecule has 7 nitrogen and oxygen atoms in total. The minimum absolute atomic E-state index is 0.117. The SMILES string of the molecule is CC1(C(=O)N2CCC(c3noc(-c4cncc(C5CCOC5)c4)n3)CC2)CCC1. The Morgan fingerprint density at radius 3 is 2.69 bits per heavy atom. The molecule has 0 bridgehead atoms. The highest BCUT2D eigenvalue weighted by atomic mass is 16.5. The standard InChI is InChI=1S/C22H28N4O3/c1-22(6-2-7-22)21(27)26-8-3-15(4-9-26)19-24-20(29-25-19)18-11-17(12-23-13-18)16-5-10-28-14-16/h11-13,15-16H,2-10,14H2,1H3. The Kier molecular flexibility index (Phi) is 4.86. The normalized spacial score (nSPS) is 24.4. The van der Waals surface area contributed by atoms with Crippen molar-refractivity contribution < 1.29 is 14.1 Å². The monoisotopic (exact) mass is 396 g/mol. The fourth-order valence-electron chi connectivity index (χ4n) is 4.76. The first kappa shape index (κ1) is 18.7. The summed E-state index contributed by atoms with van der Waals surface area (Å²) in [4.78, 5) is 23.8. The van der Waals surface area contributed by atoms with Gasteiger partial charge in [0.15, 0.2) is 5.82 Å². The van der Waals surface area contributed by atoms with Gasteiger partial charge < -0.3 is 14.2 Å². The van der Waals surface area contributed by atoms with Crippen molar-refractivity contribution >= 4 is 5.91 Å². The van der Waals surface area contributed by atoms with Crippen molar-refractivity contribution in [3.05, 3.63) is 29.8 Å². The van der Waals surface area contributed by atoms with Gasteiger partial charge in [-0.2, -0.15) is 4.98 Å². The molecule has 0 N–H and O–H groups in total. The van der Waals surface area contributed by atoms with Crippen molar-refractivity contribution in [3.8, 4) is 11.5 Å². The molecule has 3 aliphatic rings. The number of amides is 1. The maximum absolute atomic E-state index is 12.7. The van der Waals surface area contributed by atoms with Crippen molar-refractivity contribution in [2.24, 2.45) is 5.41 Å². The quantitative estimate of drug-likeness (QED) is 0.786. The summed E-state index contributed by atoms with van der Waals surface area (Å²) < 4.78 is 11.1. The van der Waals surface area contributed by atoms with E-state index in [0.717, 1.165) is 75.4 Å².